The molecule has 2 bridgehead atoms. The van der Waals surface area contributed by atoms with Gasteiger partial charge in [0.15, 0.2) is 5.82 Å². The van der Waals surface area contributed by atoms with E-state index in [1.54, 1.807) is 6.20 Å². The molecule has 4 heterocycles. The highest BCUT2D eigenvalue weighted by Crippen LogP contribution is 2.64. The van der Waals surface area contributed by atoms with Crippen molar-refractivity contribution in [3.8, 4) is 0 Å². The number of nitrogens with zero attached hydrogens (tertiary/aromatic N) is 2. The van der Waals surface area contributed by atoms with Crippen molar-refractivity contribution < 1.29 is 14.3 Å². The van der Waals surface area contributed by atoms with Crippen molar-refractivity contribution in [3.63, 3.8) is 0 Å². The Balaban J connectivity index is 1.81. The van der Waals surface area contributed by atoms with Gasteiger partial charge in [0, 0.05) is 6.20 Å². The number of carbonyl (C=O) groups excluding carboxylic acids is 1. The van der Waals surface area contributed by atoms with E-state index >= 15 is 0 Å². The molecule has 0 radical (unpaired) electrons. The van der Waals surface area contributed by atoms with Crippen LogP contribution in [0.25, 0.3) is 0 Å². The number of ether oxygens (including phenoxy) is 2. The zero-order valence-electron chi connectivity index (χ0n) is 12.4. The van der Waals surface area contributed by atoms with Crippen molar-refractivity contribution in [3.05, 3.63) is 23.9 Å². The molecule has 5 heteroatoms. The molecular formula is C16H18N2O3. The molecule has 5 nitrogen and oxygen atoms in total. The first-order valence-corrected chi connectivity index (χ1v) is 7.36. The lowest BCUT2D eigenvalue weighted by Crippen LogP contribution is -2.48. The summed E-state index contributed by atoms with van der Waals surface area (Å²) in [5.74, 6) is 0.804. The summed E-state index contributed by atoms with van der Waals surface area (Å²) in [5, 5.41) is 0. The number of hydrogen-bond donors (Lipinski definition) is 0. The molecule has 3 aliphatic rings. The van der Waals surface area contributed by atoms with Gasteiger partial charge in [-0.25, -0.2) is 4.98 Å². The predicted molar refractivity (Wildman–Crippen MR) is 76.3 cm³/mol. The van der Waals surface area contributed by atoms with Crippen molar-refractivity contribution in [2.75, 3.05) is 0 Å². The summed E-state index contributed by atoms with van der Waals surface area (Å²) in [4.78, 5) is 21.2. The Kier molecular flexibility index (Phi) is 2.41. The first-order chi connectivity index (χ1) is 9.96. The molecule has 0 unspecified atom stereocenters. The van der Waals surface area contributed by atoms with Crippen molar-refractivity contribution in [1.29, 1.82) is 0 Å². The number of aryl methyl sites for hydroxylation is 1. The van der Waals surface area contributed by atoms with Crippen LogP contribution in [0.5, 0.6) is 0 Å². The third-order valence-corrected chi connectivity index (χ3v) is 5.56. The van der Waals surface area contributed by atoms with Crippen molar-refractivity contribution in [1.82, 2.24) is 4.98 Å². The molecule has 1 aromatic heterocycles. The summed E-state index contributed by atoms with van der Waals surface area (Å²) in [6.07, 6.45) is 3.58. The molecule has 4 atom stereocenters. The summed E-state index contributed by atoms with van der Waals surface area (Å²) in [5.41, 5.74) is -0.0411. The molecule has 0 aromatic carbocycles. The normalized spacial score (nSPS) is 42.4. The van der Waals surface area contributed by atoms with Crippen molar-refractivity contribution in [2.45, 2.75) is 45.8 Å². The van der Waals surface area contributed by atoms with Crippen LogP contribution in [0.2, 0.25) is 0 Å². The molecule has 0 saturated carbocycles. The maximum atomic E-state index is 12.4. The van der Waals surface area contributed by atoms with Gasteiger partial charge in [-0.15, -0.1) is 0 Å². The van der Waals surface area contributed by atoms with E-state index in [9.17, 15) is 4.79 Å². The standard InChI is InChI=1S/C16H18N2O3/c1-9-4-7-12(17-8-9)18-13-15(2)10-5-6-11(20-10)16(15,3)14(19)21-13/h4,7-8,10-11H,5-6H2,1-3H3/t10-,11-,15-,16+/m1/s1. The molecular weight excluding hydrogens is 268 g/mol. The third kappa shape index (κ3) is 1.42. The van der Waals surface area contributed by atoms with Gasteiger partial charge in [-0.1, -0.05) is 6.07 Å². The number of carbonyl (C=O) groups is 1. The van der Waals surface area contributed by atoms with Gasteiger partial charge in [0.1, 0.15) is 5.41 Å². The fourth-order valence-corrected chi connectivity index (χ4v) is 3.93. The topological polar surface area (TPSA) is 60.8 Å². The molecule has 1 aromatic rings. The number of aliphatic imine (C=N–C) groups is 1. The van der Waals surface area contributed by atoms with Crippen LogP contribution in [-0.2, 0) is 14.3 Å². The number of esters is 1. The molecule has 0 N–H and O–H groups in total. The van der Waals surface area contributed by atoms with Crippen molar-refractivity contribution >= 4 is 17.7 Å². The summed E-state index contributed by atoms with van der Waals surface area (Å²) >= 11 is 0. The Morgan fingerprint density at radius 3 is 2.62 bits per heavy atom. The average Bonchev–Trinajstić information content (AvgIpc) is 3.08. The van der Waals surface area contributed by atoms with E-state index in [1.807, 2.05) is 32.9 Å². The Bertz CT molecular complexity index is 654. The number of pyridine rings is 1. The van der Waals surface area contributed by atoms with Gasteiger partial charge in [0.25, 0.3) is 0 Å². The van der Waals surface area contributed by atoms with Crippen LogP contribution in [0, 0.1) is 17.8 Å². The highest BCUT2D eigenvalue weighted by Gasteiger charge is 2.75. The average molecular weight is 286 g/mol. The molecule has 0 spiro atoms. The maximum absolute atomic E-state index is 12.4. The Hall–Kier alpha value is -1.75. The lowest BCUT2D eigenvalue weighted by Gasteiger charge is -2.36. The third-order valence-electron chi connectivity index (χ3n) is 5.56. The fourth-order valence-electron chi connectivity index (χ4n) is 3.93. The second-order valence-electron chi connectivity index (χ2n) is 6.60. The van der Waals surface area contributed by atoms with E-state index in [1.165, 1.54) is 0 Å². The Labute approximate surface area is 123 Å². The highest BCUT2D eigenvalue weighted by atomic mass is 16.6. The van der Waals surface area contributed by atoms with Crippen LogP contribution in [0.15, 0.2) is 23.3 Å². The molecule has 3 saturated heterocycles. The number of aromatic nitrogens is 1. The number of cyclic esters (lactones) is 1. The minimum absolute atomic E-state index is 0.00292. The summed E-state index contributed by atoms with van der Waals surface area (Å²) in [7, 11) is 0. The summed E-state index contributed by atoms with van der Waals surface area (Å²) in [6, 6.07) is 3.78. The first kappa shape index (κ1) is 13.0. The van der Waals surface area contributed by atoms with Crippen LogP contribution < -0.4 is 0 Å². The quantitative estimate of drug-likeness (QED) is 0.744. The highest BCUT2D eigenvalue weighted by molar-refractivity contribution is 6.06. The maximum Gasteiger partial charge on any atom is 0.322 e. The van der Waals surface area contributed by atoms with Crippen LogP contribution in [0.4, 0.5) is 5.82 Å². The molecule has 3 fully saturated rings. The number of fused-ring (bicyclic) bond motifs is 5. The zero-order valence-corrected chi connectivity index (χ0v) is 12.4. The van der Waals surface area contributed by atoms with E-state index in [4.69, 9.17) is 9.47 Å². The Morgan fingerprint density at radius 2 is 1.95 bits per heavy atom. The minimum atomic E-state index is -0.626. The van der Waals surface area contributed by atoms with E-state index in [2.05, 4.69) is 9.98 Å². The molecule has 21 heavy (non-hydrogen) atoms. The van der Waals surface area contributed by atoms with Gasteiger partial charge in [-0.2, -0.15) is 4.99 Å². The number of rotatable bonds is 1. The van der Waals surface area contributed by atoms with Crippen molar-refractivity contribution in [2.24, 2.45) is 15.8 Å². The minimum Gasteiger partial charge on any atom is -0.410 e. The van der Waals surface area contributed by atoms with Crippen LogP contribution in [-0.4, -0.2) is 29.1 Å². The largest absolute Gasteiger partial charge is 0.410 e. The molecule has 110 valence electrons. The zero-order chi connectivity index (χ0) is 14.8. The number of hydrogen-bond acceptors (Lipinski definition) is 5. The van der Waals surface area contributed by atoms with Gasteiger partial charge in [-0.05, 0) is 45.2 Å². The molecule has 3 aliphatic heterocycles. The Morgan fingerprint density at radius 1 is 1.24 bits per heavy atom. The predicted octanol–water partition coefficient (Wildman–Crippen LogP) is 2.55. The van der Waals surface area contributed by atoms with Crippen LogP contribution in [0.3, 0.4) is 0 Å². The molecule has 4 rings (SSSR count). The fraction of sp³-hybridized carbons (Fsp3) is 0.562. The van der Waals surface area contributed by atoms with Gasteiger partial charge in [-0.3, -0.25) is 4.79 Å². The smallest absolute Gasteiger partial charge is 0.322 e. The van der Waals surface area contributed by atoms with E-state index in [-0.39, 0.29) is 18.2 Å². The lowest BCUT2D eigenvalue weighted by atomic mass is 9.59. The monoisotopic (exact) mass is 286 g/mol. The van der Waals surface area contributed by atoms with Crippen LogP contribution >= 0.6 is 0 Å². The summed E-state index contributed by atoms with van der Waals surface area (Å²) < 4.78 is 11.5. The summed E-state index contributed by atoms with van der Waals surface area (Å²) in [6.45, 7) is 5.96. The van der Waals surface area contributed by atoms with Gasteiger partial charge in [0.05, 0.1) is 17.6 Å². The second-order valence-corrected chi connectivity index (χ2v) is 6.60. The van der Waals surface area contributed by atoms with E-state index < -0.39 is 10.8 Å². The van der Waals surface area contributed by atoms with E-state index in [0.717, 1.165) is 18.4 Å². The van der Waals surface area contributed by atoms with E-state index in [0.29, 0.717) is 11.7 Å². The SMILES string of the molecule is Cc1ccc(N=C2OC(=O)[C@]3(C)[C@H]4CC[C@@H](O4)[C@]23C)nc1. The molecule has 0 amide bonds. The second kappa shape index (κ2) is 3.91. The van der Waals surface area contributed by atoms with Gasteiger partial charge in [0.2, 0.25) is 5.90 Å². The van der Waals surface area contributed by atoms with Crippen LogP contribution in [0.1, 0.15) is 32.3 Å². The molecule has 0 aliphatic carbocycles. The first-order valence-electron chi connectivity index (χ1n) is 7.36. The van der Waals surface area contributed by atoms with Gasteiger partial charge >= 0.3 is 5.97 Å². The van der Waals surface area contributed by atoms with Gasteiger partial charge < -0.3 is 9.47 Å². The lowest BCUT2D eigenvalue weighted by molar-refractivity contribution is -0.146.